The SMILES string of the molecule is C#CC1(OC(=O)O)CCCCC1C. The summed E-state index contributed by atoms with van der Waals surface area (Å²) in [6.45, 7) is 1.95. The van der Waals surface area contributed by atoms with Crippen LogP contribution in [0.2, 0.25) is 0 Å². The molecular weight excluding hydrogens is 168 g/mol. The molecule has 2 atom stereocenters. The molecule has 0 aromatic heterocycles. The van der Waals surface area contributed by atoms with E-state index in [1.807, 2.05) is 6.92 Å². The minimum Gasteiger partial charge on any atom is -0.450 e. The standard InChI is InChI=1S/C10H14O3/c1-3-10(13-9(11)12)7-5-4-6-8(10)2/h1,8H,4-7H2,2H3,(H,11,12). The molecule has 0 aromatic carbocycles. The fourth-order valence-corrected chi connectivity index (χ4v) is 1.87. The quantitative estimate of drug-likeness (QED) is 0.499. The van der Waals surface area contributed by atoms with Crippen molar-refractivity contribution < 1.29 is 14.6 Å². The van der Waals surface area contributed by atoms with E-state index in [-0.39, 0.29) is 5.92 Å². The Morgan fingerprint density at radius 3 is 2.85 bits per heavy atom. The Kier molecular flexibility index (Phi) is 2.82. The van der Waals surface area contributed by atoms with Crippen LogP contribution in [-0.4, -0.2) is 16.9 Å². The smallest absolute Gasteiger partial charge is 0.450 e. The van der Waals surface area contributed by atoms with E-state index in [0.717, 1.165) is 19.3 Å². The van der Waals surface area contributed by atoms with Gasteiger partial charge in [0, 0.05) is 5.92 Å². The average Bonchev–Trinajstić information content (AvgIpc) is 2.08. The minimum atomic E-state index is -1.27. The first-order valence-corrected chi connectivity index (χ1v) is 4.50. The average molecular weight is 182 g/mol. The Bertz CT molecular complexity index is 241. The van der Waals surface area contributed by atoms with Gasteiger partial charge in [0.05, 0.1) is 0 Å². The number of carboxylic acid groups (broad SMARTS) is 1. The number of carbonyl (C=O) groups is 1. The number of hydrogen-bond donors (Lipinski definition) is 1. The molecule has 3 heteroatoms. The third-order valence-electron chi connectivity index (χ3n) is 2.75. The molecule has 1 fully saturated rings. The number of hydrogen-bond acceptors (Lipinski definition) is 2. The van der Waals surface area contributed by atoms with Crippen molar-refractivity contribution in [3.05, 3.63) is 0 Å². The van der Waals surface area contributed by atoms with Crippen molar-refractivity contribution in [1.82, 2.24) is 0 Å². The lowest BCUT2D eigenvalue weighted by molar-refractivity contribution is -0.0336. The van der Waals surface area contributed by atoms with Gasteiger partial charge in [0.15, 0.2) is 5.60 Å². The molecule has 0 heterocycles. The number of terminal acetylenes is 1. The van der Waals surface area contributed by atoms with E-state index in [1.54, 1.807) is 0 Å². The first-order valence-electron chi connectivity index (χ1n) is 4.50. The van der Waals surface area contributed by atoms with E-state index in [1.165, 1.54) is 0 Å². The van der Waals surface area contributed by atoms with E-state index in [9.17, 15) is 4.79 Å². The Balaban J connectivity index is 2.77. The number of rotatable bonds is 1. The van der Waals surface area contributed by atoms with E-state index >= 15 is 0 Å². The predicted molar refractivity (Wildman–Crippen MR) is 48.3 cm³/mol. The summed E-state index contributed by atoms with van der Waals surface area (Å²) in [5, 5.41) is 8.56. The molecule has 0 saturated heterocycles. The van der Waals surface area contributed by atoms with Crippen LogP contribution in [0.1, 0.15) is 32.6 Å². The molecule has 0 spiro atoms. The normalized spacial score (nSPS) is 33.4. The topological polar surface area (TPSA) is 46.5 Å². The predicted octanol–water partition coefficient (Wildman–Crippen LogP) is 2.26. The van der Waals surface area contributed by atoms with E-state index < -0.39 is 11.8 Å². The Labute approximate surface area is 78.1 Å². The zero-order valence-corrected chi connectivity index (χ0v) is 7.75. The molecule has 1 N–H and O–H groups in total. The maximum absolute atomic E-state index is 10.5. The van der Waals surface area contributed by atoms with E-state index in [4.69, 9.17) is 16.3 Å². The molecule has 72 valence electrons. The van der Waals surface area contributed by atoms with Gasteiger partial charge in [-0.05, 0) is 19.3 Å². The lowest BCUT2D eigenvalue weighted by atomic mass is 9.77. The van der Waals surface area contributed by atoms with Crippen molar-refractivity contribution >= 4 is 6.16 Å². The summed E-state index contributed by atoms with van der Waals surface area (Å²) in [4.78, 5) is 10.5. The van der Waals surface area contributed by atoms with Crippen LogP contribution in [0.4, 0.5) is 4.79 Å². The summed E-state index contributed by atoms with van der Waals surface area (Å²) < 4.78 is 4.82. The van der Waals surface area contributed by atoms with Crippen LogP contribution in [0.15, 0.2) is 0 Å². The summed E-state index contributed by atoms with van der Waals surface area (Å²) in [5.74, 6) is 2.62. The largest absolute Gasteiger partial charge is 0.507 e. The van der Waals surface area contributed by atoms with Crippen LogP contribution < -0.4 is 0 Å². The Morgan fingerprint density at radius 1 is 1.69 bits per heavy atom. The molecule has 13 heavy (non-hydrogen) atoms. The Morgan fingerprint density at radius 2 is 2.38 bits per heavy atom. The van der Waals surface area contributed by atoms with Crippen molar-refractivity contribution in [2.75, 3.05) is 0 Å². The summed E-state index contributed by atoms with van der Waals surface area (Å²) in [5.41, 5.74) is -0.871. The zero-order chi connectivity index (χ0) is 9.90. The fourth-order valence-electron chi connectivity index (χ4n) is 1.87. The minimum absolute atomic E-state index is 0.127. The molecule has 1 saturated carbocycles. The highest BCUT2D eigenvalue weighted by Crippen LogP contribution is 2.36. The summed E-state index contributed by atoms with van der Waals surface area (Å²) in [6, 6.07) is 0. The number of ether oxygens (including phenoxy) is 1. The summed E-state index contributed by atoms with van der Waals surface area (Å²) in [7, 11) is 0. The summed E-state index contributed by atoms with van der Waals surface area (Å²) >= 11 is 0. The molecule has 0 bridgehead atoms. The van der Waals surface area contributed by atoms with Crippen molar-refractivity contribution in [3.8, 4) is 12.3 Å². The highest BCUT2D eigenvalue weighted by Gasteiger charge is 2.40. The molecule has 1 rings (SSSR count). The third kappa shape index (κ3) is 1.95. The van der Waals surface area contributed by atoms with E-state index in [0.29, 0.717) is 6.42 Å². The van der Waals surface area contributed by atoms with Crippen molar-refractivity contribution in [2.24, 2.45) is 5.92 Å². The van der Waals surface area contributed by atoms with Crippen LogP contribution in [0.3, 0.4) is 0 Å². The monoisotopic (exact) mass is 182 g/mol. The van der Waals surface area contributed by atoms with Crippen molar-refractivity contribution in [1.29, 1.82) is 0 Å². The van der Waals surface area contributed by atoms with E-state index in [2.05, 4.69) is 5.92 Å². The van der Waals surface area contributed by atoms with Gasteiger partial charge in [-0.3, -0.25) is 0 Å². The maximum Gasteiger partial charge on any atom is 0.507 e. The van der Waals surface area contributed by atoms with Crippen LogP contribution in [0.25, 0.3) is 0 Å². The first kappa shape index (κ1) is 9.91. The highest BCUT2D eigenvalue weighted by atomic mass is 16.7. The van der Waals surface area contributed by atoms with Gasteiger partial charge in [0.2, 0.25) is 0 Å². The first-order chi connectivity index (χ1) is 6.10. The lowest BCUT2D eigenvalue weighted by Crippen LogP contribution is -2.42. The Hall–Kier alpha value is -1.17. The lowest BCUT2D eigenvalue weighted by Gasteiger charge is -2.36. The van der Waals surface area contributed by atoms with Crippen LogP contribution in [0, 0.1) is 18.3 Å². The molecule has 0 aromatic rings. The molecule has 3 nitrogen and oxygen atoms in total. The van der Waals surface area contributed by atoms with Gasteiger partial charge in [-0.15, -0.1) is 6.42 Å². The fraction of sp³-hybridized carbons (Fsp3) is 0.700. The van der Waals surface area contributed by atoms with Crippen LogP contribution in [0.5, 0.6) is 0 Å². The molecule has 0 amide bonds. The van der Waals surface area contributed by atoms with Gasteiger partial charge in [-0.1, -0.05) is 19.3 Å². The van der Waals surface area contributed by atoms with Gasteiger partial charge in [-0.2, -0.15) is 0 Å². The second kappa shape index (κ2) is 3.69. The van der Waals surface area contributed by atoms with Gasteiger partial charge >= 0.3 is 6.16 Å². The molecule has 2 unspecified atom stereocenters. The van der Waals surface area contributed by atoms with Gasteiger partial charge < -0.3 is 9.84 Å². The third-order valence-corrected chi connectivity index (χ3v) is 2.75. The highest BCUT2D eigenvalue weighted by molar-refractivity contribution is 5.58. The van der Waals surface area contributed by atoms with Gasteiger partial charge in [0.1, 0.15) is 0 Å². The molecule has 0 aliphatic heterocycles. The van der Waals surface area contributed by atoms with Crippen molar-refractivity contribution in [3.63, 3.8) is 0 Å². The van der Waals surface area contributed by atoms with Gasteiger partial charge in [-0.25, -0.2) is 4.79 Å². The second-order valence-electron chi connectivity index (χ2n) is 3.55. The molecule has 1 aliphatic rings. The van der Waals surface area contributed by atoms with Crippen LogP contribution in [-0.2, 0) is 4.74 Å². The zero-order valence-electron chi connectivity index (χ0n) is 7.75. The summed E-state index contributed by atoms with van der Waals surface area (Å²) in [6.07, 6.45) is 7.71. The van der Waals surface area contributed by atoms with Crippen LogP contribution >= 0.6 is 0 Å². The molecular formula is C10H14O3. The maximum atomic E-state index is 10.5. The second-order valence-corrected chi connectivity index (χ2v) is 3.55. The molecule has 0 radical (unpaired) electrons. The van der Waals surface area contributed by atoms with Gasteiger partial charge in [0.25, 0.3) is 0 Å². The molecule has 1 aliphatic carbocycles. The van der Waals surface area contributed by atoms with Crippen molar-refractivity contribution in [2.45, 2.75) is 38.2 Å².